The number of carbonyl (C=O) groups is 1. The van der Waals surface area contributed by atoms with Crippen LogP contribution < -0.4 is 5.32 Å². The molecule has 2 fully saturated rings. The van der Waals surface area contributed by atoms with Crippen LogP contribution in [0.2, 0.25) is 0 Å². The molecule has 8 heteroatoms. The van der Waals surface area contributed by atoms with Gasteiger partial charge in [-0.1, -0.05) is 11.2 Å². The van der Waals surface area contributed by atoms with Crippen molar-refractivity contribution in [1.29, 1.82) is 0 Å². The highest BCUT2D eigenvalue weighted by atomic mass is 16.5. The fraction of sp³-hybridized carbons (Fsp3) is 0.619. The van der Waals surface area contributed by atoms with Gasteiger partial charge in [0.25, 0.3) is 0 Å². The monoisotopic (exact) mass is 398 g/mol. The van der Waals surface area contributed by atoms with E-state index in [1.54, 1.807) is 12.4 Å². The van der Waals surface area contributed by atoms with Crippen LogP contribution in [0.3, 0.4) is 0 Å². The summed E-state index contributed by atoms with van der Waals surface area (Å²) in [6.07, 6.45) is 7.87. The number of likely N-dealkylation sites (tertiary alicyclic amines) is 2. The van der Waals surface area contributed by atoms with Crippen LogP contribution in [0.15, 0.2) is 29.0 Å². The van der Waals surface area contributed by atoms with Gasteiger partial charge in [0.05, 0.1) is 12.5 Å². The molecule has 2 aliphatic heterocycles. The average molecular weight is 399 g/mol. The summed E-state index contributed by atoms with van der Waals surface area (Å²) in [6, 6.07) is 4.45. The van der Waals surface area contributed by atoms with Gasteiger partial charge in [-0.05, 0) is 43.9 Å². The minimum absolute atomic E-state index is 0.0840. The van der Waals surface area contributed by atoms with Crippen molar-refractivity contribution < 1.29 is 9.32 Å². The Labute approximate surface area is 171 Å². The van der Waals surface area contributed by atoms with Gasteiger partial charge >= 0.3 is 0 Å². The first-order valence-corrected chi connectivity index (χ1v) is 10.6. The molecule has 8 nitrogen and oxygen atoms in total. The highest BCUT2D eigenvalue weighted by Crippen LogP contribution is 2.24. The Hall–Kier alpha value is -2.32. The minimum Gasteiger partial charge on any atom is -0.352 e. The van der Waals surface area contributed by atoms with Crippen molar-refractivity contribution in [2.45, 2.75) is 51.7 Å². The van der Waals surface area contributed by atoms with Crippen LogP contribution in [0.25, 0.3) is 0 Å². The summed E-state index contributed by atoms with van der Waals surface area (Å²) in [4.78, 5) is 26.0. The molecule has 0 saturated carbocycles. The number of carbonyl (C=O) groups excluding carboxylic acids is 1. The molecule has 2 aliphatic rings. The minimum atomic E-state index is 0.0840. The third-order valence-corrected chi connectivity index (χ3v) is 6.02. The van der Waals surface area contributed by atoms with Crippen LogP contribution in [0, 0.1) is 12.8 Å². The predicted octanol–water partition coefficient (Wildman–Crippen LogP) is 1.77. The zero-order valence-corrected chi connectivity index (χ0v) is 17.1. The van der Waals surface area contributed by atoms with E-state index in [4.69, 9.17) is 4.52 Å². The van der Waals surface area contributed by atoms with Gasteiger partial charge in [-0.2, -0.15) is 4.98 Å². The van der Waals surface area contributed by atoms with Crippen molar-refractivity contribution in [2.24, 2.45) is 5.92 Å². The van der Waals surface area contributed by atoms with Gasteiger partial charge in [-0.25, -0.2) is 0 Å². The Morgan fingerprint density at radius 3 is 2.86 bits per heavy atom. The first-order chi connectivity index (χ1) is 14.2. The molecule has 1 N–H and O–H groups in total. The molecule has 1 unspecified atom stereocenters. The van der Waals surface area contributed by atoms with Crippen molar-refractivity contribution in [2.75, 3.05) is 26.2 Å². The van der Waals surface area contributed by atoms with E-state index in [2.05, 4.69) is 30.2 Å². The molecule has 156 valence electrons. The molecule has 2 saturated heterocycles. The lowest BCUT2D eigenvalue weighted by Gasteiger charge is -2.41. The molecule has 0 aromatic carbocycles. The highest BCUT2D eigenvalue weighted by molar-refractivity contribution is 5.78. The molecule has 29 heavy (non-hydrogen) atoms. The molecule has 2 aromatic rings. The SMILES string of the molecule is Cc1nc(CN2CCC(N3CCCC(C(=O)NCc4cccnc4)C3)CC2)no1. The molecule has 1 amide bonds. The third kappa shape index (κ3) is 5.39. The summed E-state index contributed by atoms with van der Waals surface area (Å²) in [5.74, 6) is 1.64. The number of nitrogens with one attached hydrogen (secondary N) is 1. The molecular formula is C21H30N6O2. The number of rotatable bonds is 6. The summed E-state index contributed by atoms with van der Waals surface area (Å²) in [5, 5.41) is 7.09. The molecule has 1 atom stereocenters. The van der Waals surface area contributed by atoms with Crippen molar-refractivity contribution in [3.63, 3.8) is 0 Å². The van der Waals surface area contributed by atoms with Gasteiger partial charge < -0.3 is 9.84 Å². The lowest BCUT2D eigenvalue weighted by atomic mass is 9.93. The second-order valence-electron chi connectivity index (χ2n) is 8.15. The number of aryl methyl sites for hydroxylation is 1. The van der Waals surface area contributed by atoms with Crippen molar-refractivity contribution in [1.82, 2.24) is 30.2 Å². The number of hydrogen-bond donors (Lipinski definition) is 1. The molecule has 0 spiro atoms. The first-order valence-electron chi connectivity index (χ1n) is 10.6. The van der Waals surface area contributed by atoms with Gasteiger partial charge in [0.2, 0.25) is 11.8 Å². The fourth-order valence-corrected chi connectivity index (χ4v) is 4.44. The van der Waals surface area contributed by atoms with E-state index in [0.717, 1.165) is 69.8 Å². The van der Waals surface area contributed by atoms with Gasteiger partial charge in [0, 0.05) is 51.5 Å². The summed E-state index contributed by atoms with van der Waals surface area (Å²) in [5.41, 5.74) is 1.04. The summed E-state index contributed by atoms with van der Waals surface area (Å²) in [6.45, 7) is 7.16. The van der Waals surface area contributed by atoms with Gasteiger partial charge in [-0.3, -0.25) is 19.6 Å². The molecule has 0 bridgehead atoms. The molecular weight excluding hydrogens is 368 g/mol. The zero-order valence-electron chi connectivity index (χ0n) is 17.1. The number of nitrogens with zero attached hydrogens (tertiary/aromatic N) is 5. The predicted molar refractivity (Wildman–Crippen MR) is 108 cm³/mol. The lowest BCUT2D eigenvalue weighted by Crippen LogP contribution is -2.50. The lowest BCUT2D eigenvalue weighted by molar-refractivity contribution is -0.127. The Morgan fingerprint density at radius 1 is 1.28 bits per heavy atom. The molecule has 0 radical (unpaired) electrons. The molecule has 4 heterocycles. The molecule has 2 aromatic heterocycles. The van der Waals surface area contributed by atoms with Crippen LogP contribution in [-0.4, -0.2) is 63.1 Å². The van der Waals surface area contributed by atoms with E-state index in [-0.39, 0.29) is 11.8 Å². The topological polar surface area (TPSA) is 87.4 Å². The Bertz CT molecular complexity index is 787. The maximum atomic E-state index is 12.7. The van der Waals surface area contributed by atoms with E-state index in [1.165, 1.54) is 0 Å². The number of hydrogen-bond acceptors (Lipinski definition) is 7. The van der Waals surface area contributed by atoms with Gasteiger partial charge in [0.1, 0.15) is 0 Å². The standard InChI is InChI=1S/C21H30N6O2/c1-16-24-20(25-29-16)15-26-10-6-19(7-11-26)27-9-3-5-18(14-27)21(28)23-13-17-4-2-8-22-12-17/h2,4,8,12,18-19H,3,5-7,9-11,13-15H2,1H3,(H,23,28). The third-order valence-electron chi connectivity index (χ3n) is 6.02. The average Bonchev–Trinajstić information content (AvgIpc) is 3.18. The van der Waals surface area contributed by atoms with Crippen molar-refractivity contribution in [3.05, 3.63) is 41.8 Å². The van der Waals surface area contributed by atoms with Crippen LogP contribution >= 0.6 is 0 Å². The van der Waals surface area contributed by atoms with Gasteiger partial charge in [-0.15, -0.1) is 0 Å². The number of pyridine rings is 1. The Morgan fingerprint density at radius 2 is 2.14 bits per heavy atom. The second kappa shape index (κ2) is 9.45. The van der Waals surface area contributed by atoms with Crippen LogP contribution in [0.5, 0.6) is 0 Å². The van der Waals surface area contributed by atoms with Crippen molar-refractivity contribution >= 4 is 5.91 Å². The van der Waals surface area contributed by atoms with E-state index in [0.29, 0.717) is 18.5 Å². The zero-order chi connectivity index (χ0) is 20.1. The maximum Gasteiger partial charge on any atom is 0.224 e. The van der Waals surface area contributed by atoms with E-state index < -0.39 is 0 Å². The summed E-state index contributed by atoms with van der Waals surface area (Å²) in [7, 11) is 0. The molecule has 0 aliphatic carbocycles. The number of aromatic nitrogens is 3. The Balaban J connectivity index is 1.23. The van der Waals surface area contributed by atoms with Crippen molar-refractivity contribution in [3.8, 4) is 0 Å². The summed E-state index contributed by atoms with van der Waals surface area (Å²) < 4.78 is 5.07. The first kappa shape index (κ1) is 20.0. The van der Waals surface area contributed by atoms with E-state index >= 15 is 0 Å². The quantitative estimate of drug-likeness (QED) is 0.793. The maximum absolute atomic E-state index is 12.7. The molecule has 4 rings (SSSR count). The largest absolute Gasteiger partial charge is 0.352 e. The van der Waals surface area contributed by atoms with E-state index in [9.17, 15) is 4.79 Å². The normalized spacial score (nSPS) is 21.9. The Kier molecular flexibility index (Phi) is 6.51. The summed E-state index contributed by atoms with van der Waals surface area (Å²) >= 11 is 0. The van der Waals surface area contributed by atoms with Crippen LogP contribution in [-0.2, 0) is 17.9 Å². The smallest absolute Gasteiger partial charge is 0.224 e. The second-order valence-corrected chi connectivity index (χ2v) is 8.15. The van der Waals surface area contributed by atoms with Crippen LogP contribution in [0.1, 0.15) is 43.0 Å². The highest BCUT2D eigenvalue weighted by Gasteiger charge is 2.31. The van der Waals surface area contributed by atoms with Crippen LogP contribution in [0.4, 0.5) is 0 Å². The number of amides is 1. The number of piperidine rings is 2. The van der Waals surface area contributed by atoms with Gasteiger partial charge in [0.15, 0.2) is 5.82 Å². The fourth-order valence-electron chi connectivity index (χ4n) is 4.44. The van der Waals surface area contributed by atoms with E-state index in [1.807, 2.05) is 19.1 Å².